The van der Waals surface area contributed by atoms with Gasteiger partial charge in [0.05, 0.1) is 0 Å². The summed E-state index contributed by atoms with van der Waals surface area (Å²) in [6.07, 6.45) is 6.84. The molecule has 2 aromatic heterocycles. The lowest BCUT2D eigenvalue weighted by Crippen LogP contribution is -2.16. The molecule has 8 heteroatoms. The van der Waals surface area contributed by atoms with Crippen LogP contribution in [0.4, 0.5) is 11.9 Å². The van der Waals surface area contributed by atoms with Crippen molar-refractivity contribution in [2.24, 2.45) is 5.84 Å². The minimum Gasteiger partial charge on any atom is -0.354 e. The number of hydrogen-bond acceptors (Lipinski definition) is 7. The molecule has 0 bridgehead atoms. The SMILES string of the molecule is CCCCCNc1nc(NN)nc(-n2cccn2)n1. The Morgan fingerprint density at radius 3 is 2.74 bits per heavy atom. The Balaban J connectivity index is 2.12. The third-order valence-electron chi connectivity index (χ3n) is 2.53. The summed E-state index contributed by atoms with van der Waals surface area (Å²) in [5.41, 5.74) is 2.43. The number of hydrazine groups is 1. The second kappa shape index (κ2) is 6.64. The molecule has 0 spiro atoms. The highest BCUT2D eigenvalue weighted by atomic mass is 15.4. The van der Waals surface area contributed by atoms with Crippen molar-refractivity contribution in [2.45, 2.75) is 26.2 Å². The first-order valence-corrected chi connectivity index (χ1v) is 6.30. The van der Waals surface area contributed by atoms with Gasteiger partial charge in [-0.05, 0) is 12.5 Å². The van der Waals surface area contributed by atoms with Crippen molar-refractivity contribution in [3.63, 3.8) is 0 Å². The number of nitrogens with one attached hydrogen (secondary N) is 2. The maximum Gasteiger partial charge on any atom is 0.257 e. The van der Waals surface area contributed by atoms with Crippen molar-refractivity contribution in [3.8, 4) is 5.95 Å². The topological polar surface area (TPSA) is 107 Å². The third-order valence-corrected chi connectivity index (χ3v) is 2.53. The molecule has 0 atom stereocenters. The fourth-order valence-corrected chi connectivity index (χ4v) is 1.57. The average molecular weight is 262 g/mol. The Bertz CT molecular complexity index is 495. The number of aromatic nitrogens is 5. The van der Waals surface area contributed by atoms with Crippen LogP contribution in [0.2, 0.25) is 0 Å². The van der Waals surface area contributed by atoms with Crippen molar-refractivity contribution < 1.29 is 0 Å². The predicted molar refractivity (Wildman–Crippen MR) is 72.8 cm³/mol. The van der Waals surface area contributed by atoms with Gasteiger partial charge in [-0.15, -0.1) is 0 Å². The minimum absolute atomic E-state index is 0.304. The average Bonchev–Trinajstić information content (AvgIpc) is 2.97. The van der Waals surface area contributed by atoms with Crippen LogP contribution in [0, 0.1) is 0 Å². The van der Waals surface area contributed by atoms with Crippen LogP contribution < -0.4 is 16.6 Å². The minimum atomic E-state index is 0.304. The van der Waals surface area contributed by atoms with Gasteiger partial charge in [-0.2, -0.15) is 20.1 Å². The Kier molecular flexibility index (Phi) is 4.62. The highest BCUT2D eigenvalue weighted by Gasteiger charge is 2.07. The number of nitrogens with two attached hydrogens (primary N) is 1. The van der Waals surface area contributed by atoms with Gasteiger partial charge in [0.15, 0.2) is 0 Å². The van der Waals surface area contributed by atoms with Crippen LogP contribution in [-0.2, 0) is 0 Å². The van der Waals surface area contributed by atoms with Crippen LogP contribution in [0.1, 0.15) is 26.2 Å². The molecule has 0 amide bonds. The van der Waals surface area contributed by atoms with E-state index in [1.807, 2.05) is 0 Å². The normalized spacial score (nSPS) is 10.4. The van der Waals surface area contributed by atoms with Crippen LogP contribution in [0.25, 0.3) is 5.95 Å². The maximum absolute atomic E-state index is 5.36. The molecule has 0 radical (unpaired) electrons. The Morgan fingerprint density at radius 1 is 1.21 bits per heavy atom. The molecular weight excluding hydrogens is 244 g/mol. The molecule has 0 aromatic carbocycles. The Morgan fingerprint density at radius 2 is 2.05 bits per heavy atom. The van der Waals surface area contributed by atoms with Crippen molar-refractivity contribution >= 4 is 11.9 Å². The summed E-state index contributed by atoms with van der Waals surface area (Å²) in [5, 5.41) is 7.24. The second-order valence-electron chi connectivity index (χ2n) is 4.01. The zero-order valence-electron chi connectivity index (χ0n) is 10.9. The Labute approximate surface area is 111 Å². The molecular formula is C11H18N8. The first-order valence-electron chi connectivity index (χ1n) is 6.30. The van der Waals surface area contributed by atoms with E-state index in [2.05, 4.69) is 37.7 Å². The fraction of sp³-hybridized carbons (Fsp3) is 0.455. The monoisotopic (exact) mass is 262 g/mol. The highest BCUT2D eigenvalue weighted by Crippen LogP contribution is 2.08. The van der Waals surface area contributed by atoms with Crippen molar-refractivity contribution in [1.82, 2.24) is 24.7 Å². The Hall–Kier alpha value is -2.22. The molecule has 8 nitrogen and oxygen atoms in total. The van der Waals surface area contributed by atoms with Crippen molar-refractivity contribution in [2.75, 3.05) is 17.3 Å². The molecule has 19 heavy (non-hydrogen) atoms. The predicted octanol–water partition coefficient (Wildman–Crippen LogP) is 0.945. The molecule has 0 aliphatic carbocycles. The molecule has 0 saturated heterocycles. The lowest BCUT2D eigenvalue weighted by atomic mass is 10.2. The van der Waals surface area contributed by atoms with Gasteiger partial charge in [0.25, 0.3) is 5.95 Å². The van der Waals surface area contributed by atoms with Crippen molar-refractivity contribution in [3.05, 3.63) is 18.5 Å². The van der Waals surface area contributed by atoms with Crippen LogP contribution in [0.5, 0.6) is 0 Å². The van der Waals surface area contributed by atoms with Crippen LogP contribution in [0.3, 0.4) is 0 Å². The van der Waals surface area contributed by atoms with Crippen LogP contribution in [0.15, 0.2) is 18.5 Å². The highest BCUT2D eigenvalue weighted by molar-refractivity contribution is 5.36. The molecule has 0 fully saturated rings. The van der Waals surface area contributed by atoms with Crippen LogP contribution >= 0.6 is 0 Å². The summed E-state index contributed by atoms with van der Waals surface area (Å²) in [6, 6.07) is 1.80. The van der Waals surface area contributed by atoms with Crippen molar-refractivity contribution in [1.29, 1.82) is 0 Å². The van der Waals surface area contributed by atoms with E-state index >= 15 is 0 Å². The first-order chi connectivity index (χ1) is 9.33. The van der Waals surface area contributed by atoms with Gasteiger partial charge >= 0.3 is 0 Å². The number of unbranched alkanes of at least 4 members (excludes halogenated alkanes) is 2. The van der Waals surface area contributed by atoms with Gasteiger partial charge in [-0.25, -0.2) is 10.5 Å². The van der Waals surface area contributed by atoms with Gasteiger partial charge in [-0.1, -0.05) is 19.8 Å². The van der Waals surface area contributed by atoms with Gasteiger partial charge < -0.3 is 5.32 Å². The number of hydrogen-bond donors (Lipinski definition) is 3. The van der Waals surface area contributed by atoms with Gasteiger partial charge in [0.1, 0.15) is 0 Å². The number of nitrogen functional groups attached to an aromatic ring is 1. The number of nitrogens with zero attached hydrogens (tertiary/aromatic N) is 5. The number of anilines is 2. The standard InChI is InChI=1S/C11H18N8/c1-2-3-4-6-13-9-15-10(18-12)17-11(16-9)19-8-5-7-14-19/h5,7-8H,2-4,6,12H2,1H3,(H2,13,15,16,17,18). The molecule has 2 rings (SSSR count). The summed E-state index contributed by atoms with van der Waals surface area (Å²) in [7, 11) is 0. The van der Waals surface area contributed by atoms with E-state index in [0.29, 0.717) is 17.8 Å². The maximum atomic E-state index is 5.36. The third kappa shape index (κ3) is 3.62. The molecule has 0 saturated carbocycles. The second-order valence-corrected chi connectivity index (χ2v) is 4.01. The van der Waals surface area contributed by atoms with E-state index in [0.717, 1.165) is 13.0 Å². The molecule has 102 valence electrons. The number of rotatable bonds is 7. The largest absolute Gasteiger partial charge is 0.354 e. The zero-order valence-corrected chi connectivity index (χ0v) is 10.9. The van der Waals surface area contributed by atoms with Gasteiger partial charge in [-0.3, -0.25) is 5.43 Å². The lowest BCUT2D eigenvalue weighted by molar-refractivity contribution is 0.736. The molecule has 0 aliphatic heterocycles. The quantitative estimate of drug-likeness (QED) is 0.387. The zero-order chi connectivity index (χ0) is 13.5. The van der Waals surface area contributed by atoms with Gasteiger partial charge in [0.2, 0.25) is 11.9 Å². The summed E-state index contributed by atoms with van der Waals surface area (Å²) in [6.45, 7) is 2.98. The van der Waals surface area contributed by atoms with E-state index in [1.54, 1.807) is 23.1 Å². The van der Waals surface area contributed by atoms with Gasteiger partial charge in [0, 0.05) is 18.9 Å². The summed E-state index contributed by atoms with van der Waals surface area (Å²) < 4.78 is 1.56. The summed E-state index contributed by atoms with van der Waals surface area (Å²) in [5.74, 6) is 6.57. The lowest BCUT2D eigenvalue weighted by Gasteiger charge is -2.08. The molecule has 4 N–H and O–H groups in total. The first kappa shape index (κ1) is 13.2. The van der Waals surface area contributed by atoms with E-state index < -0.39 is 0 Å². The van der Waals surface area contributed by atoms with Crippen LogP contribution in [-0.4, -0.2) is 31.3 Å². The molecule has 2 aromatic rings. The van der Waals surface area contributed by atoms with E-state index in [4.69, 9.17) is 5.84 Å². The molecule has 0 aliphatic rings. The molecule has 0 unspecified atom stereocenters. The smallest absolute Gasteiger partial charge is 0.257 e. The summed E-state index contributed by atoms with van der Waals surface area (Å²) >= 11 is 0. The van der Waals surface area contributed by atoms with E-state index in [1.165, 1.54) is 12.8 Å². The summed E-state index contributed by atoms with van der Waals surface area (Å²) in [4.78, 5) is 12.6. The van der Waals surface area contributed by atoms with E-state index in [-0.39, 0.29) is 0 Å². The van der Waals surface area contributed by atoms with E-state index in [9.17, 15) is 0 Å². The fourth-order valence-electron chi connectivity index (χ4n) is 1.57. The molecule has 2 heterocycles.